The molecule has 4 nitrogen and oxygen atoms in total. The molecule has 0 spiro atoms. The fraction of sp³-hybridized carbons (Fsp3) is 0.350. The SMILES string of the molecule is CCCCOCc1cc(C(=O)Nc2ccccc2C(F)(F)F)ccc1OC. The third kappa shape index (κ3) is 5.72. The predicted molar refractivity (Wildman–Crippen MR) is 97.0 cm³/mol. The van der Waals surface area contributed by atoms with Crippen LogP contribution in [-0.4, -0.2) is 19.6 Å². The Kier molecular flexibility index (Phi) is 7.24. The molecule has 146 valence electrons. The lowest BCUT2D eigenvalue weighted by atomic mass is 10.1. The lowest BCUT2D eigenvalue weighted by Gasteiger charge is -2.15. The van der Waals surface area contributed by atoms with Gasteiger partial charge in [-0.25, -0.2) is 0 Å². The normalized spacial score (nSPS) is 11.3. The second kappa shape index (κ2) is 9.41. The lowest BCUT2D eigenvalue weighted by molar-refractivity contribution is -0.136. The molecule has 1 amide bonds. The number of benzene rings is 2. The summed E-state index contributed by atoms with van der Waals surface area (Å²) in [4.78, 5) is 12.5. The summed E-state index contributed by atoms with van der Waals surface area (Å²) in [5, 5.41) is 2.33. The number of nitrogens with one attached hydrogen (secondary N) is 1. The largest absolute Gasteiger partial charge is 0.496 e. The molecule has 0 aliphatic carbocycles. The average molecular weight is 381 g/mol. The van der Waals surface area contributed by atoms with Crippen molar-refractivity contribution in [2.24, 2.45) is 0 Å². The van der Waals surface area contributed by atoms with Crippen molar-refractivity contribution in [2.45, 2.75) is 32.5 Å². The van der Waals surface area contributed by atoms with E-state index >= 15 is 0 Å². The molecule has 0 saturated heterocycles. The van der Waals surface area contributed by atoms with Gasteiger partial charge in [0.1, 0.15) is 5.75 Å². The summed E-state index contributed by atoms with van der Waals surface area (Å²) in [5.41, 5.74) is -0.297. The van der Waals surface area contributed by atoms with E-state index in [0.717, 1.165) is 18.9 Å². The van der Waals surface area contributed by atoms with Gasteiger partial charge in [-0.2, -0.15) is 13.2 Å². The fourth-order valence-electron chi connectivity index (χ4n) is 2.49. The highest BCUT2D eigenvalue weighted by molar-refractivity contribution is 6.04. The molecule has 0 bridgehead atoms. The zero-order chi connectivity index (χ0) is 19.9. The van der Waals surface area contributed by atoms with Crippen LogP contribution >= 0.6 is 0 Å². The first kappa shape index (κ1) is 20.8. The molecule has 0 aromatic heterocycles. The van der Waals surface area contributed by atoms with Crippen LogP contribution in [0, 0.1) is 0 Å². The van der Waals surface area contributed by atoms with Crippen LogP contribution in [0.25, 0.3) is 0 Å². The third-order valence-electron chi connectivity index (χ3n) is 3.92. The zero-order valence-corrected chi connectivity index (χ0v) is 15.2. The molecule has 0 saturated carbocycles. The van der Waals surface area contributed by atoms with Gasteiger partial charge in [-0.15, -0.1) is 0 Å². The Bertz CT molecular complexity index is 775. The van der Waals surface area contributed by atoms with Crippen LogP contribution in [0.4, 0.5) is 18.9 Å². The molecule has 0 unspecified atom stereocenters. The highest BCUT2D eigenvalue weighted by Gasteiger charge is 2.33. The molecule has 1 N–H and O–H groups in total. The summed E-state index contributed by atoms with van der Waals surface area (Å²) in [6.07, 6.45) is -2.64. The third-order valence-corrected chi connectivity index (χ3v) is 3.92. The number of alkyl halides is 3. The van der Waals surface area contributed by atoms with Crippen LogP contribution < -0.4 is 10.1 Å². The van der Waals surface area contributed by atoms with Crippen LogP contribution in [0.1, 0.15) is 41.3 Å². The number of amides is 1. The van der Waals surface area contributed by atoms with E-state index < -0.39 is 17.6 Å². The number of para-hydroxylation sites is 1. The zero-order valence-electron chi connectivity index (χ0n) is 15.2. The maximum absolute atomic E-state index is 13.1. The summed E-state index contributed by atoms with van der Waals surface area (Å²) in [5.74, 6) is -0.0806. The van der Waals surface area contributed by atoms with E-state index in [9.17, 15) is 18.0 Å². The van der Waals surface area contributed by atoms with Crippen molar-refractivity contribution in [2.75, 3.05) is 19.0 Å². The van der Waals surface area contributed by atoms with Crippen molar-refractivity contribution in [1.82, 2.24) is 0 Å². The van der Waals surface area contributed by atoms with Crippen LogP contribution in [0.15, 0.2) is 42.5 Å². The van der Waals surface area contributed by atoms with E-state index in [1.807, 2.05) is 6.92 Å². The van der Waals surface area contributed by atoms with Gasteiger partial charge in [0.2, 0.25) is 0 Å². The van der Waals surface area contributed by atoms with Gasteiger partial charge < -0.3 is 14.8 Å². The molecule has 27 heavy (non-hydrogen) atoms. The second-order valence-corrected chi connectivity index (χ2v) is 5.93. The molecule has 7 heteroatoms. The molecule has 2 aromatic carbocycles. The molecule has 0 fully saturated rings. The Morgan fingerprint density at radius 3 is 2.56 bits per heavy atom. The van der Waals surface area contributed by atoms with E-state index in [1.165, 1.54) is 31.4 Å². The monoisotopic (exact) mass is 381 g/mol. The van der Waals surface area contributed by atoms with Crippen molar-refractivity contribution >= 4 is 11.6 Å². The van der Waals surface area contributed by atoms with Crippen molar-refractivity contribution in [3.05, 3.63) is 59.2 Å². The fourth-order valence-corrected chi connectivity index (χ4v) is 2.49. The second-order valence-electron chi connectivity index (χ2n) is 5.93. The number of ether oxygens (including phenoxy) is 2. The summed E-state index contributed by atoms with van der Waals surface area (Å²) >= 11 is 0. The highest BCUT2D eigenvalue weighted by Crippen LogP contribution is 2.34. The van der Waals surface area contributed by atoms with Gasteiger partial charge in [0.05, 0.1) is 25.0 Å². The number of carbonyl (C=O) groups excluding carboxylic acids is 1. The summed E-state index contributed by atoms with van der Waals surface area (Å²) < 4.78 is 50.1. The van der Waals surface area contributed by atoms with Crippen LogP contribution in [0.3, 0.4) is 0 Å². The lowest BCUT2D eigenvalue weighted by Crippen LogP contribution is -2.17. The van der Waals surface area contributed by atoms with E-state index in [0.29, 0.717) is 17.9 Å². The smallest absolute Gasteiger partial charge is 0.418 e. The van der Waals surface area contributed by atoms with Gasteiger partial charge >= 0.3 is 6.18 Å². The minimum atomic E-state index is -4.55. The van der Waals surface area contributed by atoms with E-state index in [2.05, 4.69) is 5.32 Å². The van der Waals surface area contributed by atoms with Gasteiger partial charge in [-0.05, 0) is 36.8 Å². The van der Waals surface area contributed by atoms with Gasteiger partial charge in [0, 0.05) is 17.7 Å². The minimum absolute atomic E-state index is 0.224. The Hall–Kier alpha value is -2.54. The number of hydrogen-bond acceptors (Lipinski definition) is 3. The van der Waals surface area contributed by atoms with E-state index in [1.54, 1.807) is 12.1 Å². The van der Waals surface area contributed by atoms with Crippen molar-refractivity contribution in [3.8, 4) is 5.75 Å². The molecule has 0 aliphatic rings. The first-order valence-electron chi connectivity index (χ1n) is 8.59. The molecule has 2 rings (SSSR count). The van der Waals surface area contributed by atoms with Crippen molar-refractivity contribution in [3.63, 3.8) is 0 Å². The van der Waals surface area contributed by atoms with Crippen molar-refractivity contribution < 1.29 is 27.4 Å². The minimum Gasteiger partial charge on any atom is -0.496 e. The molecule has 0 atom stereocenters. The number of methoxy groups -OCH3 is 1. The molecular weight excluding hydrogens is 359 g/mol. The number of halogens is 3. The number of anilines is 1. The molecule has 0 radical (unpaired) electrons. The Labute approximate surface area is 156 Å². The van der Waals surface area contributed by atoms with Crippen LogP contribution in [-0.2, 0) is 17.5 Å². The van der Waals surface area contributed by atoms with Crippen molar-refractivity contribution in [1.29, 1.82) is 0 Å². The summed E-state index contributed by atoms with van der Waals surface area (Å²) in [6, 6.07) is 9.53. The maximum Gasteiger partial charge on any atom is 0.418 e. The first-order valence-corrected chi connectivity index (χ1v) is 8.59. The Morgan fingerprint density at radius 2 is 1.89 bits per heavy atom. The number of unbranched alkanes of at least 4 members (excludes halogenated alkanes) is 1. The topological polar surface area (TPSA) is 47.6 Å². The van der Waals surface area contributed by atoms with Gasteiger partial charge in [0.15, 0.2) is 0 Å². The molecular formula is C20H22F3NO3. The van der Waals surface area contributed by atoms with Crippen LogP contribution in [0.5, 0.6) is 5.75 Å². The van der Waals surface area contributed by atoms with Gasteiger partial charge in [-0.3, -0.25) is 4.79 Å². The molecule has 0 heterocycles. The van der Waals surface area contributed by atoms with E-state index in [-0.39, 0.29) is 17.9 Å². The molecule has 2 aromatic rings. The van der Waals surface area contributed by atoms with Gasteiger partial charge in [-0.1, -0.05) is 25.5 Å². The maximum atomic E-state index is 13.1. The standard InChI is InChI=1S/C20H22F3NO3/c1-3-4-11-27-13-15-12-14(9-10-18(15)26-2)19(25)24-17-8-6-5-7-16(17)20(21,22)23/h5-10,12H,3-4,11,13H2,1-2H3,(H,24,25). The average Bonchev–Trinajstić information content (AvgIpc) is 2.64. The number of hydrogen-bond donors (Lipinski definition) is 1. The Morgan fingerprint density at radius 1 is 1.15 bits per heavy atom. The quantitative estimate of drug-likeness (QED) is 0.633. The highest BCUT2D eigenvalue weighted by atomic mass is 19.4. The summed E-state index contributed by atoms with van der Waals surface area (Å²) in [7, 11) is 1.50. The summed E-state index contributed by atoms with van der Waals surface area (Å²) in [6.45, 7) is 2.88. The first-order chi connectivity index (χ1) is 12.9. The van der Waals surface area contributed by atoms with Crippen LogP contribution in [0.2, 0.25) is 0 Å². The molecule has 0 aliphatic heterocycles. The predicted octanol–water partition coefficient (Wildman–Crippen LogP) is 5.28. The number of carbonyl (C=O) groups is 1. The van der Waals surface area contributed by atoms with Gasteiger partial charge in [0.25, 0.3) is 5.91 Å². The number of rotatable bonds is 8. The van der Waals surface area contributed by atoms with E-state index in [4.69, 9.17) is 9.47 Å². The Balaban J connectivity index is 2.19.